The molecule has 0 aliphatic rings. The van der Waals surface area contributed by atoms with Crippen LogP contribution in [0, 0.1) is 5.82 Å². The van der Waals surface area contributed by atoms with Crippen LogP contribution in [0.15, 0.2) is 30.6 Å². The molecule has 0 radical (unpaired) electrons. The Morgan fingerprint density at radius 2 is 2.32 bits per heavy atom. The number of nitrogens with one attached hydrogen (secondary N) is 2. The van der Waals surface area contributed by atoms with Crippen LogP contribution in [0.2, 0.25) is 0 Å². The number of ether oxygens (including phenoxy) is 1. The quantitative estimate of drug-likeness (QED) is 0.841. The molecular weight excluding hydrogens is 245 g/mol. The molecule has 2 rings (SSSR count). The van der Waals surface area contributed by atoms with E-state index >= 15 is 0 Å². The number of halogens is 1. The first kappa shape index (κ1) is 13.5. The average Bonchev–Trinajstić information content (AvgIpc) is 2.91. The van der Waals surface area contributed by atoms with E-state index in [4.69, 9.17) is 4.74 Å². The fourth-order valence-corrected chi connectivity index (χ4v) is 2.16. The van der Waals surface area contributed by atoms with Gasteiger partial charge in [-0.1, -0.05) is 13.0 Å². The van der Waals surface area contributed by atoms with E-state index in [1.165, 1.54) is 6.07 Å². The number of likely N-dealkylation sites (N-methyl/N-ethyl adjacent to an activating group) is 1. The summed E-state index contributed by atoms with van der Waals surface area (Å²) in [6, 6.07) is 4.69. The molecule has 1 atom stereocenters. The van der Waals surface area contributed by atoms with Gasteiger partial charge in [-0.15, -0.1) is 0 Å². The van der Waals surface area contributed by atoms with E-state index in [1.54, 1.807) is 31.6 Å². The van der Waals surface area contributed by atoms with Gasteiger partial charge in [-0.3, -0.25) is 0 Å². The molecule has 0 amide bonds. The number of methoxy groups -OCH3 is 1. The third-order valence-corrected chi connectivity index (χ3v) is 2.98. The number of rotatable bonds is 6. The molecule has 0 bridgehead atoms. The minimum Gasteiger partial charge on any atom is -0.496 e. The normalized spacial score (nSPS) is 12.4. The molecule has 0 spiro atoms. The van der Waals surface area contributed by atoms with Crippen molar-refractivity contribution in [1.82, 2.24) is 15.3 Å². The zero-order chi connectivity index (χ0) is 13.7. The van der Waals surface area contributed by atoms with Gasteiger partial charge in [-0.05, 0) is 18.7 Å². The monoisotopic (exact) mass is 263 g/mol. The molecule has 0 saturated carbocycles. The van der Waals surface area contributed by atoms with Crippen molar-refractivity contribution in [1.29, 1.82) is 0 Å². The molecule has 0 aliphatic heterocycles. The van der Waals surface area contributed by atoms with Crippen LogP contribution in [-0.4, -0.2) is 23.6 Å². The molecule has 1 aromatic heterocycles. The molecule has 4 nitrogen and oxygen atoms in total. The zero-order valence-electron chi connectivity index (χ0n) is 11.1. The summed E-state index contributed by atoms with van der Waals surface area (Å²) in [5, 5.41) is 3.27. The van der Waals surface area contributed by atoms with Crippen LogP contribution in [-0.2, 0) is 6.42 Å². The summed E-state index contributed by atoms with van der Waals surface area (Å²) in [4.78, 5) is 7.23. The minimum absolute atomic E-state index is 0.174. The molecule has 19 heavy (non-hydrogen) atoms. The number of aromatic nitrogens is 2. The number of hydrogen-bond acceptors (Lipinski definition) is 3. The lowest BCUT2D eigenvalue weighted by Gasteiger charge is -2.20. The van der Waals surface area contributed by atoms with Gasteiger partial charge in [0.15, 0.2) is 0 Å². The Kier molecular flexibility index (Phi) is 4.52. The van der Waals surface area contributed by atoms with Gasteiger partial charge >= 0.3 is 0 Å². The lowest BCUT2D eigenvalue weighted by Crippen LogP contribution is -2.25. The van der Waals surface area contributed by atoms with Crippen molar-refractivity contribution in [3.63, 3.8) is 0 Å². The van der Waals surface area contributed by atoms with Crippen molar-refractivity contribution in [2.45, 2.75) is 19.4 Å². The number of nitrogens with zero attached hydrogens (tertiary/aromatic N) is 1. The van der Waals surface area contributed by atoms with E-state index in [9.17, 15) is 4.39 Å². The van der Waals surface area contributed by atoms with Crippen LogP contribution >= 0.6 is 0 Å². The van der Waals surface area contributed by atoms with Crippen LogP contribution in [0.4, 0.5) is 4.39 Å². The summed E-state index contributed by atoms with van der Waals surface area (Å²) in [5.74, 6) is 1.10. The van der Waals surface area contributed by atoms with Crippen LogP contribution in [0.3, 0.4) is 0 Å². The Bertz CT molecular complexity index is 513. The molecular formula is C14H18FN3O. The molecule has 1 heterocycles. The fourth-order valence-electron chi connectivity index (χ4n) is 2.16. The van der Waals surface area contributed by atoms with Gasteiger partial charge in [0.25, 0.3) is 0 Å². The summed E-state index contributed by atoms with van der Waals surface area (Å²) in [7, 11) is 1.55. The molecule has 2 aromatic rings. The highest BCUT2D eigenvalue weighted by molar-refractivity contribution is 5.37. The van der Waals surface area contributed by atoms with E-state index in [2.05, 4.69) is 15.3 Å². The first-order valence-electron chi connectivity index (χ1n) is 6.30. The van der Waals surface area contributed by atoms with Gasteiger partial charge in [-0.25, -0.2) is 9.37 Å². The van der Waals surface area contributed by atoms with Crippen LogP contribution in [0.25, 0.3) is 0 Å². The molecule has 5 heteroatoms. The summed E-state index contributed by atoms with van der Waals surface area (Å²) < 4.78 is 19.4. The molecule has 1 aromatic carbocycles. The predicted octanol–water partition coefficient (Wildman–Crippen LogP) is 2.45. The van der Waals surface area contributed by atoms with E-state index < -0.39 is 0 Å². The molecule has 0 saturated heterocycles. The Balaban J connectivity index is 2.33. The maximum Gasteiger partial charge on any atom is 0.131 e. The Morgan fingerprint density at radius 3 is 2.95 bits per heavy atom. The van der Waals surface area contributed by atoms with Gasteiger partial charge in [-0.2, -0.15) is 0 Å². The van der Waals surface area contributed by atoms with Crippen molar-refractivity contribution >= 4 is 0 Å². The van der Waals surface area contributed by atoms with E-state index in [0.29, 0.717) is 17.7 Å². The first-order chi connectivity index (χ1) is 9.26. The van der Waals surface area contributed by atoms with Gasteiger partial charge in [0, 0.05) is 30.4 Å². The largest absolute Gasteiger partial charge is 0.496 e. The molecule has 102 valence electrons. The highest BCUT2D eigenvalue weighted by atomic mass is 19.1. The lowest BCUT2D eigenvalue weighted by atomic mass is 10.0. The number of aromatic amines is 1. The van der Waals surface area contributed by atoms with Crippen molar-refractivity contribution in [2.75, 3.05) is 13.7 Å². The number of hydrogen-bond donors (Lipinski definition) is 2. The van der Waals surface area contributed by atoms with Crippen LogP contribution in [0.5, 0.6) is 5.75 Å². The second-order valence-electron chi connectivity index (χ2n) is 4.21. The van der Waals surface area contributed by atoms with Gasteiger partial charge < -0.3 is 15.0 Å². The smallest absolute Gasteiger partial charge is 0.131 e. The lowest BCUT2D eigenvalue weighted by molar-refractivity contribution is 0.389. The third-order valence-electron chi connectivity index (χ3n) is 2.98. The third kappa shape index (κ3) is 3.12. The molecule has 1 unspecified atom stereocenters. The first-order valence-corrected chi connectivity index (χ1v) is 6.30. The van der Waals surface area contributed by atoms with Crippen molar-refractivity contribution in [2.24, 2.45) is 0 Å². The van der Waals surface area contributed by atoms with Crippen molar-refractivity contribution in [3.8, 4) is 5.75 Å². The predicted molar refractivity (Wildman–Crippen MR) is 71.7 cm³/mol. The molecule has 0 aliphatic carbocycles. The second kappa shape index (κ2) is 6.33. The molecule has 0 fully saturated rings. The Labute approximate surface area is 112 Å². The SMILES string of the molecule is CCNC(Cc1ncc[nH]1)c1c(F)cccc1OC. The van der Waals surface area contributed by atoms with Crippen LogP contribution < -0.4 is 10.1 Å². The maximum absolute atomic E-state index is 14.1. The van der Waals surface area contributed by atoms with E-state index in [-0.39, 0.29) is 11.9 Å². The average molecular weight is 263 g/mol. The number of imidazole rings is 1. The highest BCUT2D eigenvalue weighted by Crippen LogP contribution is 2.29. The summed E-state index contributed by atoms with van der Waals surface area (Å²) in [6.07, 6.45) is 4.03. The maximum atomic E-state index is 14.1. The highest BCUT2D eigenvalue weighted by Gasteiger charge is 2.20. The van der Waals surface area contributed by atoms with Crippen molar-refractivity contribution < 1.29 is 9.13 Å². The van der Waals surface area contributed by atoms with Crippen LogP contribution in [0.1, 0.15) is 24.4 Å². The topological polar surface area (TPSA) is 49.9 Å². The number of benzene rings is 1. The zero-order valence-corrected chi connectivity index (χ0v) is 11.1. The summed E-state index contributed by atoms with van der Waals surface area (Å²) in [5.41, 5.74) is 0.545. The Morgan fingerprint density at radius 1 is 1.47 bits per heavy atom. The second-order valence-corrected chi connectivity index (χ2v) is 4.21. The summed E-state index contributed by atoms with van der Waals surface area (Å²) >= 11 is 0. The van der Waals surface area contributed by atoms with E-state index in [0.717, 1.165) is 12.4 Å². The standard InChI is InChI=1S/C14H18FN3O/c1-3-16-11(9-13-17-7-8-18-13)14-10(15)5-4-6-12(14)19-2/h4-8,11,16H,3,9H2,1-2H3,(H,17,18). The van der Waals surface area contributed by atoms with Crippen molar-refractivity contribution in [3.05, 3.63) is 47.8 Å². The van der Waals surface area contributed by atoms with E-state index in [1.807, 2.05) is 6.92 Å². The van der Waals surface area contributed by atoms with Gasteiger partial charge in [0.05, 0.1) is 7.11 Å². The molecule has 2 N–H and O–H groups in total. The fraction of sp³-hybridized carbons (Fsp3) is 0.357. The summed E-state index contributed by atoms with van der Waals surface area (Å²) in [6.45, 7) is 2.73. The minimum atomic E-state index is -0.267. The number of H-pyrrole nitrogens is 1. The Hall–Kier alpha value is -1.88. The van der Waals surface area contributed by atoms with Gasteiger partial charge in [0.1, 0.15) is 17.4 Å². The van der Waals surface area contributed by atoms with Gasteiger partial charge in [0.2, 0.25) is 0 Å².